The van der Waals surface area contributed by atoms with E-state index in [-0.39, 0.29) is 36.2 Å². The monoisotopic (exact) mass is 284 g/mol. The largest absolute Gasteiger partial charge is 0.481 e. The number of carboxylic acids is 1. The zero-order valence-corrected chi connectivity index (χ0v) is 12.4. The van der Waals surface area contributed by atoms with Crippen molar-refractivity contribution < 1.29 is 19.5 Å². The van der Waals surface area contributed by atoms with Gasteiger partial charge in [-0.25, -0.2) is 0 Å². The first kappa shape index (κ1) is 16.5. The molecule has 1 rings (SSSR count). The van der Waals surface area contributed by atoms with Crippen molar-refractivity contribution in [2.45, 2.75) is 52.0 Å². The van der Waals surface area contributed by atoms with E-state index in [1.54, 1.807) is 0 Å². The van der Waals surface area contributed by atoms with Gasteiger partial charge in [0, 0.05) is 24.4 Å². The van der Waals surface area contributed by atoms with Crippen LogP contribution in [0.1, 0.15) is 46.5 Å². The smallest absolute Gasteiger partial charge is 0.306 e. The first-order chi connectivity index (χ1) is 9.19. The van der Waals surface area contributed by atoms with Crippen molar-refractivity contribution in [3.63, 3.8) is 0 Å². The summed E-state index contributed by atoms with van der Waals surface area (Å²) in [5.41, 5.74) is -0.277. The Labute approximate surface area is 119 Å². The highest BCUT2D eigenvalue weighted by molar-refractivity contribution is 5.82. The van der Waals surface area contributed by atoms with E-state index in [2.05, 4.69) is 10.6 Å². The molecule has 0 radical (unpaired) electrons. The van der Waals surface area contributed by atoms with E-state index in [4.69, 9.17) is 5.11 Å². The van der Waals surface area contributed by atoms with Gasteiger partial charge in [-0.3, -0.25) is 14.4 Å². The zero-order valence-electron chi connectivity index (χ0n) is 12.4. The Morgan fingerprint density at radius 3 is 2.25 bits per heavy atom. The van der Waals surface area contributed by atoms with Crippen LogP contribution in [-0.4, -0.2) is 35.0 Å². The van der Waals surface area contributed by atoms with Crippen molar-refractivity contribution in [1.82, 2.24) is 10.6 Å². The maximum Gasteiger partial charge on any atom is 0.306 e. The summed E-state index contributed by atoms with van der Waals surface area (Å²) in [5, 5.41) is 14.4. The van der Waals surface area contributed by atoms with Crippen molar-refractivity contribution in [3.05, 3.63) is 0 Å². The summed E-state index contributed by atoms with van der Waals surface area (Å²) in [6, 6.07) is 0. The number of carbonyl (C=O) groups is 3. The molecule has 0 heterocycles. The van der Waals surface area contributed by atoms with Gasteiger partial charge in [0.1, 0.15) is 0 Å². The lowest BCUT2D eigenvalue weighted by Gasteiger charge is -2.20. The average Bonchev–Trinajstić information content (AvgIpc) is 2.75. The summed E-state index contributed by atoms with van der Waals surface area (Å²) in [5.74, 6) is -1.72. The van der Waals surface area contributed by atoms with Crippen LogP contribution in [0.15, 0.2) is 0 Å². The molecular weight excluding hydrogens is 260 g/mol. The van der Waals surface area contributed by atoms with Crippen LogP contribution >= 0.6 is 0 Å². The van der Waals surface area contributed by atoms with E-state index in [9.17, 15) is 14.4 Å². The molecule has 0 spiro atoms. The molecule has 6 nitrogen and oxygen atoms in total. The Morgan fingerprint density at radius 2 is 1.75 bits per heavy atom. The van der Waals surface area contributed by atoms with Crippen LogP contribution in [0.5, 0.6) is 0 Å². The van der Waals surface area contributed by atoms with Crippen molar-refractivity contribution in [1.29, 1.82) is 0 Å². The van der Waals surface area contributed by atoms with E-state index in [0.717, 1.165) is 0 Å². The number of carboxylic acid groups (broad SMARTS) is 1. The standard InChI is InChI=1S/C14H24N2O4/c1-14(2,3)16-11(17)6-7-15-12(18)9-4-5-10(8-9)13(19)20/h9-10H,4-8H2,1-3H3,(H,15,18)(H,16,17)(H,19,20)/t9-,10+/m1/s1. The highest BCUT2D eigenvalue weighted by Gasteiger charge is 2.33. The number of nitrogens with one attached hydrogen (secondary N) is 2. The van der Waals surface area contributed by atoms with Crippen LogP contribution in [0.3, 0.4) is 0 Å². The normalized spacial score (nSPS) is 22.4. The van der Waals surface area contributed by atoms with Crippen LogP contribution in [0, 0.1) is 11.8 Å². The molecule has 0 saturated heterocycles. The number of amides is 2. The second-order valence-electron chi connectivity index (χ2n) is 6.38. The van der Waals surface area contributed by atoms with Gasteiger partial charge < -0.3 is 15.7 Å². The van der Waals surface area contributed by atoms with E-state index in [0.29, 0.717) is 19.3 Å². The van der Waals surface area contributed by atoms with Crippen molar-refractivity contribution in [2.24, 2.45) is 11.8 Å². The molecule has 114 valence electrons. The SMILES string of the molecule is CC(C)(C)NC(=O)CCNC(=O)[C@@H]1CC[C@H](C(=O)O)C1. The maximum atomic E-state index is 11.8. The van der Waals surface area contributed by atoms with Gasteiger partial charge in [0.25, 0.3) is 0 Å². The third-order valence-electron chi connectivity index (χ3n) is 3.32. The molecule has 20 heavy (non-hydrogen) atoms. The summed E-state index contributed by atoms with van der Waals surface area (Å²) in [6.07, 6.45) is 1.79. The predicted molar refractivity (Wildman–Crippen MR) is 74.0 cm³/mol. The second-order valence-corrected chi connectivity index (χ2v) is 6.38. The van der Waals surface area contributed by atoms with E-state index < -0.39 is 11.9 Å². The van der Waals surface area contributed by atoms with Gasteiger partial charge in [0.2, 0.25) is 11.8 Å². The Balaban J connectivity index is 2.24. The summed E-state index contributed by atoms with van der Waals surface area (Å²) in [6.45, 7) is 5.98. The van der Waals surface area contributed by atoms with E-state index in [1.165, 1.54) is 0 Å². The maximum absolute atomic E-state index is 11.8. The molecule has 1 fully saturated rings. The van der Waals surface area contributed by atoms with E-state index in [1.807, 2.05) is 20.8 Å². The average molecular weight is 284 g/mol. The van der Waals surface area contributed by atoms with Crippen molar-refractivity contribution in [2.75, 3.05) is 6.54 Å². The molecule has 6 heteroatoms. The highest BCUT2D eigenvalue weighted by Crippen LogP contribution is 2.30. The fraction of sp³-hybridized carbons (Fsp3) is 0.786. The van der Waals surface area contributed by atoms with Crippen LogP contribution in [-0.2, 0) is 14.4 Å². The van der Waals surface area contributed by atoms with Gasteiger partial charge in [-0.15, -0.1) is 0 Å². The van der Waals surface area contributed by atoms with Gasteiger partial charge >= 0.3 is 5.97 Å². The van der Waals surface area contributed by atoms with E-state index >= 15 is 0 Å². The molecule has 0 bridgehead atoms. The number of carbonyl (C=O) groups excluding carboxylic acids is 2. The summed E-state index contributed by atoms with van der Waals surface area (Å²) >= 11 is 0. The molecule has 1 saturated carbocycles. The fourth-order valence-corrected chi connectivity index (χ4v) is 2.37. The summed E-state index contributed by atoms with van der Waals surface area (Å²) in [7, 11) is 0. The predicted octanol–water partition coefficient (Wildman–Crippen LogP) is 0.908. The lowest BCUT2D eigenvalue weighted by Crippen LogP contribution is -2.42. The Morgan fingerprint density at radius 1 is 1.15 bits per heavy atom. The fourth-order valence-electron chi connectivity index (χ4n) is 2.37. The van der Waals surface area contributed by atoms with Gasteiger partial charge in [-0.05, 0) is 40.0 Å². The molecule has 2 amide bonds. The Hall–Kier alpha value is -1.59. The van der Waals surface area contributed by atoms with Crippen molar-refractivity contribution in [3.8, 4) is 0 Å². The number of rotatable bonds is 5. The quantitative estimate of drug-likeness (QED) is 0.699. The summed E-state index contributed by atoms with van der Waals surface area (Å²) in [4.78, 5) is 34.2. The number of hydrogen-bond donors (Lipinski definition) is 3. The minimum Gasteiger partial charge on any atom is -0.481 e. The zero-order chi connectivity index (χ0) is 15.3. The third-order valence-corrected chi connectivity index (χ3v) is 3.32. The second kappa shape index (κ2) is 6.72. The molecule has 1 aliphatic carbocycles. The molecule has 0 aromatic heterocycles. The van der Waals surface area contributed by atoms with Gasteiger partial charge in [-0.2, -0.15) is 0 Å². The number of aliphatic carboxylic acids is 1. The van der Waals surface area contributed by atoms with Crippen LogP contribution in [0.25, 0.3) is 0 Å². The highest BCUT2D eigenvalue weighted by atomic mass is 16.4. The van der Waals surface area contributed by atoms with Crippen LogP contribution < -0.4 is 10.6 Å². The van der Waals surface area contributed by atoms with Gasteiger partial charge in [0.05, 0.1) is 5.92 Å². The topological polar surface area (TPSA) is 95.5 Å². The molecule has 0 aliphatic heterocycles. The number of hydrogen-bond acceptors (Lipinski definition) is 3. The van der Waals surface area contributed by atoms with Crippen LogP contribution in [0.2, 0.25) is 0 Å². The molecule has 0 aromatic rings. The molecule has 1 aliphatic rings. The molecule has 3 N–H and O–H groups in total. The minimum atomic E-state index is -0.829. The van der Waals surface area contributed by atoms with Crippen LogP contribution in [0.4, 0.5) is 0 Å². The Bertz CT molecular complexity index is 387. The molecule has 2 atom stereocenters. The summed E-state index contributed by atoms with van der Waals surface area (Å²) < 4.78 is 0. The molecule has 0 aromatic carbocycles. The molecule has 0 unspecified atom stereocenters. The van der Waals surface area contributed by atoms with Gasteiger partial charge in [0.15, 0.2) is 0 Å². The first-order valence-electron chi connectivity index (χ1n) is 7.00. The van der Waals surface area contributed by atoms with Crippen molar-refractivity contribution >= 4 is 17.8 Å². The first-order valence-corrected chi connectivity index (χ1v) is 7.00. The Kier molecular flexibility index (Phi) is 5.53. The van der Waals surface area contributed by atoms with Gasteiger partial charge in [-0.1, -0.05) is 0 Å². The minimum absolute atomic E-state index is 0.104. The molecular formula is C14H24N2O4. The lowest BCUT2D eigenvalue weighted by molar-refractivity contribution is -0.141. The third kappa shape index (κ3) is 5.59. The lowest BCUT2D eigenvalue weighted by atomic mass is 10.0.